The van der Waals surface area contributed by atoms with E-state index in [2.05, 4.69) is 10.6 Å². The van der Waals surface area contributed by atoms with E-state index >= 15 is 0 Å². The SMILES string of the molecule is Cc1ccc(Cc2ccccc2C(=O)NC[C@]2(O)CCNC2)cc1F. The molecule has 25 heavy (non-hydrogen) atoms. The first-order valence-corrected chi connectivity index (χ1v) is 8.51. The number of hydrogen-bond donors (Lipinski definition) is 3. The van der Waals surface area contributed by atoms with E-state index in [0.29, 0.717) is 30.5 Å². The highest BCUT2D eigenvalue weighted by molar-refractivity contribution is 5.95. The van der Waals surface area contributed by atoms with Crippen LogP contribution in [-0.4, -0.2) is 36.2 Å². The Morgan fingerprint density at radius 3 is 2.84 bits per heavy atom. The summed E-state index contributed by atoms with van der Waals surface area (Å²) in [5.41, 5.74) is 1.93. The standard InChI is InChI=1S/C20H23FN2O2/c1-14-6-7-15(11-18(14)21)10-16-4-2-3-5-17(16)19(24)23-13-20(25)8-9-22-12-20/h2-7,11,22,25H,8-10,12-13H2,1H3,(H,23,24)/t20-/m0/s1. The lowest BCUT2D eigenvalue weighted by Crippen LogP contribution is -2.44. The van der Waals surface area contributed by atoms with Gasteiger partial charge in [0.15, 0.2) is 0 Å². The van der Waals surface area contributed by atoms with Gasteiger partial charge in [-0.25, -0.2) is 4.39 Å². The maximum atomic E-state index is 13.8. The Balaban J connectivity index is 1.73. The fraction of sp³-hybridized carbons (Fsp3) is 0.350. The summed E-state index contributed by atoms with van der Waals surface area (Å²) in [4.78, 5) is 12.6. The van der Waals surface area contributed by atoms with Gasteiger partial charge < -0.3 is 15.7 Å². The van der Waals surface area contributed by atoms with Crippen LogP contribution in [0.5, 0.6) is 0 Å². The van der Waals surface area contributed by atoms with Gasteiger partial charge in [0.25, 0.3) is 5.91 Å². The van der Waals surface area contributed by atoms with Gasteiger partial charge in [0.1, 0.15) is 5.82 Å². The lowest BCUT2D eigenvalue weighted by atomic mass is 9.98. The number of β-amino-alcohol motifs (C(OH)–C–C–N with tert-alkyl or cyclic N) is 1. The van der Waals surface area contributed by atoms with Crippen molar-refractivity contribution in [1.82, 2.24) is 10.6 Å². The minimum absolute atomic E-state index is 0.215. The van der Waals surface area contributed by atoms with Gasteiger partial charge in [-0.05, 0) is 55.1 Å². The van der Waals surface area contributed by atoms with E-state index in [1.165, 1.54) is 6.07 Å². The number of halogens is 1. The fourth-order valence-electron chi connectivity index (χ4n) is 3.08. The lowest BCUT2D eigenvalue weighted by molar-refractivity contribution is 0.0561. The Bertz CT molecular complexity index is 770. The number of aliphatic hydroxyl groups is 1. The predicted octanol–water partition coefficient (Wildman–Crippen LogP) is 2.18. The van der Waals surface area contributed by atoms with Crippen molar-refractivity contribution in [3.05, 3.63) is 70.5 Å². The molecule has 0 unspecified atom stereocenters. The number of benzene rings is 2. The van der Waals surface area contributed by atoms with Crippen molar-refractivity contribution in [2.24, 2.45) is 0 Å². The summed E-state index contributed by atoms with van der Waals surface area (Å²) in [6.45, 7) is 3.18. The highest BCUT2D eigenvalue weighted by atomic mass is 19.1. The summed E-state index contributed by atoms with van der Waals surface area (Å²) in [6, 6.07) is 12.4. The van der Waals surface area contributed by atoms with Crippen LogP contribution in [0.25, 0.3) is 0 Å². The van der Waals surface area contributed by atoms with Crippen molar-refractivity contribution in [3.8, 4) is 0 Å². The van der Waals surface area contributed by atoms with Crippen LogP contribution < -0.4 is 10.6 Å². The number of nitrogens with one attached hydrogen (secondary N) is 2. The lowest BCUT2D eigenvalue weighted by Gasteiger charge is -2.22. The molecule has 1 atom stereocenters. The molecule has 1 aliphatic heterocycles. The molecule has 3 N–H and O–H groups in total. The molecule has 0 bridgehead atoms. The molecule has 0 spiro atoms. The minimum Gasteiger partial charge on any atom is -0.387 e. The van der Waals surface area contributed by atoms with E-state index < -0.39 is 5.60 Å². The summed E-state index contributed by atoms with van der Waals surface area (Å²) in [5, 5.41) is 16.2. The number of aryl methyl sites for hydroxylation is 1. The number of rotatable bonds is 5. The van der Waals surface area contributed by atoms with E-state index in [1.54, 1.807) is 25.1 Å². The summed E-state index contributed by atoms with van der Waals surface area (Å²) in [6.07, 6.45) is 1.10. The van der Waals surface area contributed by atoms with Crippen molar-refractivity contribution >= 4 is 5.91 Å². The average Bonchev–Trinajstić information content (AvgIpc) is 3.04. The second-order valence-corrected chi connectivity index (χ2v) is 6.75. The zero-order chi connectivity index (χ0) is 17.9. The third-order valence-corrected chi connectivity index (χ3v) is 4.69. The molecule has 2 aromatic rings. The quantitative estimate of drug-likeness (QED) is 0.780. The molecule has 0 aliphatic carbocycles. The van der Waals surface area contributed by atoms with E-state index in [-0.39, 0.29) is 18.3 Å². The summed E-state index contributed by atoms with van der Waals surface area (Å²) in [5.74, 6) is -0.459. The van der Waals surface area contributed by atoms with E-state index in [0.717, 1.165) is 17.7 Å². The van der Waals surface area contributed by atoms with Crippen LogP contribution in [0, 0.1) is 12.7 Å². The Labute approximate surface area is 147 Å². The molecule has 4 nitrogen and oxygen atoms in total. The van der Waals surface area contributed by atoms with Crippen LogP contribution in [0.1, 0.15) is 33.5 Å². The molecule has 1 fully saturated rings. The molecular weight excluding hydrogens is 319 g/mol. The van der Waals surface area contributed by atoms with Gasteiger partial charge in [0, 0.05) is 18.7 Å². The first-order valence-electron chi connectivity index (χ1n) is 8.51. The van der Waals surface area contributed by atoms with Crippen molar-refractivity contribution in [2.75, 3.05) is 19.6 Å². The Morgan fingerprint density at radius 1 is 1.32 bits per heavy atom. The molecule has 3 rings (SSSR count). The van der Waals surface area contributed by atoms with Gasteiger partial charge >= 0.3 is 0 Å². The van der Waals surface area contributed by atoms with Crippen molar-refractivity contribution in [2.45, 2.75) is 25.4 Å². The molecule has 1 heterocycles. The molecule has 2 aromatic carbocycles. The fourth-order valence-corrected chi connectivity index (χ4v) is 3.08. The van der Waals surface area contributed by atoms with Crippen LogP contribution in [0.3, 0.4) is 0 Å². The molecule has 0 radical (unpaired) electrons. The number of hydrogen-bond acceptors (Lipinski definition) is 3. The Kier molecular flexibility index (Phi) is 5.16. The van der Waals surface area contributed by atoms with Gasteiger partial charge in [0.05, 0.1) is 5.60 Å². The summed E-state index contributed by atoms with van der Waals surface area (Å²) >= 11 is 0. The Hall–Kier alpha value is -2.24. The monoisotopic (exact) mass is 342 g/mol. The summed E-state index contributed by atoms with van der Waals surface area (Å²) in [7, 11) is 0. The van der Waals surface area contributed by atoms with Gasteiger partial charge in [-0.2, -0.15) is 0 Å². The second kappa shape index (κ2) is 7.33. The van der Waals surface area contributed by atoms with Crippen molar-refractivity contribution < 1.29 is 14.3 Å². The highest BCUT2D eigenvalue weighted by Gasteiger charge is 2.31. The topological polar surface area (TPSA) is 61.4 Å². The Morgan fingerprint density at radius 2 is 2.12 bits per heavy atom. The zero-order valence-electron chi connectivity index (χ0n) is 14.3. The maximum Gasteiger partial charge on any atom is 0.251 e. The van der Waals surface area contributed by atoms with Gasteiger partial charge in [-0.3, -0.25) is 4.79 Å². The number of amides is 1. The van der Waals surface area contributed by atoms with E-state index in [1.807, 2.05) is 18.2 Å². The van der Waals surface area contributed by atoms with Crippen LogP contribution in [0.2, 0.25) is 0 Å². The van der Waals surface area contributed by atoms with Crippen molar-refractivity contribution in [1.29, 1.82) is 0 Å². The molecular formula is C20H23FN2O2. The smallest absolute Gasteiger partial charge is 0.251 e. The normalized spacial score (nSPS) is 19.8. The third kappa shape index (κ3) is 4.24. The first-order chi connectivity index (χ1) is 12.0. The first kappa shape index (κ1) is 17.6. The minimum atomic E-state index is -0.884. The maximum absolute atomic E-state index is 13.8. The van der Waals surface area contributed by atoms with Gasteiger partial charge in [-0.15, -0.1) is 0 Å². The van der Waals surface area contributed by atoms with Crippen LogP contribution in [0.4, 0.5) is 4.39 Å². The molecule has 0 aromatic heterocycles. The van der Waals surface area contributed by atoms with Crippen molar-refractivity contribution in [3.63, 3.8) is 0 Å². The number of carbonyl (C=O) groups is 1. The molecule has 132 valence electrons. The molecule has 1 saturated heterocycles. The van der Waals surface area contributed by atoms with Crippen LogP contribution in [-0.2, 0) is 6.42 Å². The number of carbonyl (C=O) groups excluding carboxylic acids is 1. The highest BCUT2D eigenvalue weighted by Crippen LogP contribution is 2.18. The third-order valence-electron chi connectivity index (χ3n) is 4.69. The average molecular weight is 342 g/mol. The molecule has 0 saturated carbocycles. The predicted molar refractivity (Wildman–Crippen MR) is 95.2 cm³/mol. The van der Waals surface area contributed by atoms with Crippen LogP contribution >= 0.6 is 0 Å². The second-order valence-electron chi connectivity index (χ2n) is 6.75. The molecule has 1 aliphatic rings. The molecule has 1 amide bonds. The van der Waals surface area contributed by atoms with E-state index in [9.17, 15) is 14.3 Å². The molecule has 5 heteroatoms. The zero-order valence-corrected chi connectivity index (χ0v) is 14.3. The summed E-state index contributed by atoms with van der Waals surface area (Å²) < 4.78 is 13.8. The largest absolute Gasteiger partial charge is 0.387 e. The van der Waals surface area contributed by atoms with E-state index in [4.69, 9.17) is 0 Å². The van der Waals surface area contributed by atoms with Gasteiger partial charge in [-0.1, -0.05) is 30.3 Å². The van der Waals surface area contributed by atoms with Gasteiger partial charge in [0.2, 0.25) is 0 Å². The van der Waals surface area contributed by atoms with Crippen LogP contribution in [0.15, 0.2) is 42.5 Å².